The van der Waals surface area contributed by atoms with Crippen LogP contribution in [0.3, 0.4) is 0 Å². The molecule has 0 N–H and O–H groups in total. The molecule has 8 nitrogen and oxygen atoms in total. The molecule has 1 aromatic rings. The Hall–Kier alpha value is -0.874. The fourth-order valence-electron chi connectivity index (χ4n) is 1.04. The SMILES string of the molecule is O=C([O-])c1cccc([N+](=O)[O-])c1[N+](=O)[O-].[K+]. The molecule has 0 radical (unpaired) electrons. The molecule has 0 aromatic heterocycles. The molecule has 0 heterocycles. The van der Waals surface area contributed by atoms with Gasteiger partial charge in [0.2, 0.25) is 0 Å². The Labute approximate surface area is 131 Å². The number of carboxylic acids is 1. The maximum atomic E-state index is 10.5. The van der Waals surface area contributed by atoms with Gasteiger partial charge in [-0.2, -0.15) is 0 Å². The molecule has 0 atom stereocenters. The molecule has 1 rings (SSSR count). The molecule has 0 spiro atoms. The van der Waals surface area contributed by atoms with Crippen LogP contribution in [0.4, 0.5) is 11.4 Å². The Morgan fingerprint density at radius 3 is 2.06 bits per heavy atom. The van der Waals surface area contributed by atoms with E-state index in [-0.39, 0.29) is 51.4 Å². The molecule has 0 aliphatic heterocycles. The number of nitrogens with zero attached hydrogens (tertiary/aromatic N) is 2. The molecule has 9 heteroatoms. The van der Waals surface area contributed by atoms with E-state index in [1.807, 2.05) is 0 Å². The van der Waals surface area contributed by atoms with Crippen molar-refractivity contribution < 1.29 is 71.1 Å². The van der Waals surface area contributed by atoms with Gasteiger partial charge in [-0.3, -0.25) is 20.2 Å². The smallest absolute Gasteiger partial charge is 0.545 e. The van der Waals surface area contributed by atoms with Gasteiger partial charge in [-0.05, 0) is 6.07 Å². The Bertz CT molecular complexity index is 428. The van der Waals surface area contributed by atoms with Crippen LogP contribution in [0.5, 0.6) is 0 Å². The largest absolute Gasteiger partial charge is 1.00 e. The third kappa shape index (κ3) is 3.06. The van der Waals surface area contributed by atoms with Gasteiger partial charge in [-0.1, -0.05) is 6.07 Å². The number of rotatable bonds is 3. The normalized spacial score (nSPS) is 9.00. The Balaban J connectivity index is 0.00000225. The minimum absolute atomic E-state index is 0. The average Bonchev–Trinajstić information content (AvgIpc) is 2.16. The third-order valence-corrected chi connectivity index (χ3v) is 1.61. The molecule has 0 fully saturated rings. The first-order chi connectivity index (χ1) is 6.95. The summed E-state index contributed by atoms with van der Waals surface area (Å²) in [5, 5.41) is 31.3. The molecule has 78 valence electrons. The summed E-state index contributed by atoms with van der Waals surface area (Å²) in [6, 6.07) is 2.77. The Morgan fingerprint density at radius 1 is 1.12 bits per heavy atom. The van der Waals surface area contributed by atoms with E-state index in [2.05, 4.69) is 0 Å². The second kappa shape index (κ2) is 6.01. The fourth-order valence-corrected chi connectivity index (χ4v) is 1.04. The monoisotopic (exact) mass is 250 g/mol. The van der Waals surface area contributed by atoms with Crippen molar-refractivity contribution in [1.29, 1.82) is 0 Å². The molecule has 0 unspecified atom stereocenters. The molecular formula is C7H3KN2O6. The number of carboxylic acid groups (broad SMARTS) is 1. The third-order valence-electron chi connectivity index (χ3n) is 1.61. The molecule has 0 saturated carbocycles. The van der Waals surface area contributed by atoms with Crippen molar-refractivity contribution in [2.75, 3.05) is 0 Å². The Kier molecular flexibility index (Phi) is 5.68. The van der Waals surface area contributed by atoms with Gasteiger partial charge in [0.25, 0.3) is 0 Å². The van der Waals surface area contributed by atoms with E-state index in [0.717, 1.165) is 18.2 Å². The predicted molar refractivity (Wildman–Crippen MR) is 44.1 cm³/mol. The summed E-state index contributed by atoms with van der Waals surface area (Å²) in [5.74, 6) is -1.83. The van der Waals surface area contributed by atoms with Crippen LogP contribution in [0.25, 0.3) is 0 Å². The van der Waals surface area contributed by atoms with E-state index < -0.39 is 32.8 Å². The topological polar surface area (TPSA) is 126 Å². The summed E-state index contributed by atoms with van der Waals surface area (Å²) in [4.78, 5) is 29.2. The minimum Gasteiger partial charge on any atom is -0.545 e. The summed E-state index contributed by atoms with van der Waals surface area (Å²) in [7, 11) is 0. The molecule has 16 heavy (non-hydrogen) atoms. The van der Waals surface area contributed by atoms with Crippen molar-refractivity contribution in [2.45, 2.75) is 0 Å². The van der Waals surface area contributed by atoms with E-state index in [0.29, 0.717) is 0 Å². The zero-order valence-corrected chi connectivity index (χ0v) is 11.2. The first-order valence-electron chi connectivity index (χ1n) is 3.58. The number of nitro benzene ring substituents is 2. The number of benzene rings is 1. The summed E-state index contributed by atoms with van der Waals surface area (Å²) in [6.07, 6.45) is 0. The van der Waals surface area contributed by atoms with Crippen LogP contribution in [0, 0.1) is 20.2 Å². The quantitative estimate of drug-likeness (QED) is 0.317. The number of nitro groups is 2. The van der Waals surface area contributed by atoms with Crippen molar-refractivity contribution in [1.82, 2.24) is 0 Å². The number of aromatic carboxylic acids is 1. The van der Waals surface area contributed by atoms with Gasteiger partial charge in [-0.25, -0.2) is 0 Å². The molecule has 0 bridgehead atoms. The van der Waals surface area contributed by atoms with Crippen LogP contribution < -0.4 is 56.5 Å². The predicted octanol–water partition coefficient (Wildman–Crippen LogP) is -3.13. The zero-order valence-electron chi connectivity index (χ0n) is 8.08. The van der Waals surface area contributed by atoms with Crippen LogP contribution in [-0.2, 0) is 0 Å². The van der Waals surface area contributed by atoms with Gasteiger partial charge >= 0.3 is 62.8 Å². The van der Waals surface area contributed by atoms with Gasteiger partial charge in [0.05, 0.1) is 21.4 Å². The van der Waals surface area contributed by atoms with Crippen molar-refractivity contribution >= 4 is 17.3 Å². The summed E-state index contributed by atoms with van der Waals surface area (Å²) in [6.45, 7) is 0. The number of carbonyl (C=O) groups excluding carboxylic acids is 1. The Morgan fingerprint density at radius 2 is 1.69 bits per heavy atom. The maximum absolute atomic E-state index is 10.5. The summed E-state index contributed by atoms with van der Waals surface area (Å²) < 4.78 is 0. The van der Waals surface area contributed by atoms with Gasteiger partial charge in [0, 0.05) is 6.07 Å². The average molecular weight is 250 g/mol. The summed E-state index contributed by atoms with van der Waals surface area (Å²) >= 11 is 0. The van der Waals surface area contributed by atoms with Gasteiger partial charge in [-0.15, -0.1) is 0 Å². The van der Waals surface area contributed by atoms with E-state index in [9.17, 15) is 30.1 Å². The fraction of sp³-hybridized carbons (Fsp3) is 0. The van der Waals surface area contributed by atoms with Crippen LogP contribution in [0.15, 0.2) is 18.2 Å². The molecule has 0 aliphatic carbocycles. The van der Waals surface area contributed by atoms with Crippen molar-refractivity contribution in [2.24, 2.45) is 0 Å². The molecule has 0 saturated heterocycles. The standard InChI is InChI=1S/C7H4N2O6.K/c10-7(11)4-2-1-3-5(8(12)13)6(4)9(14)15;/h1-3H,(H,10,11);/q;+1/p-1. The van der Waals surface area contributed by atoms with E-state index in [1.165, 1.54) is 0 Å². The molecule has 1 aromatic carbocycles. The van der Waals surface area contributed by atoms with Gasteiger partial charge < -0.3 is 9.90 Å². The van der Waals surface area contributed by atoms with Crippen LogP contribution >= 0.6 is 0 Å². The molecule has 0 aliphatic rings. The second-order valence-electron chi connectivity index (χ2n) is 2.47. The number of hydrogen-bond donors (Lipinski definition) is 0. The van der Waals surface area contributed by atoms with Crippen molar-refractivity contribution in [3.8, 4) is 0 Å². The number of hydrogen-bond acceptors (Lipinski definition) is 6. The zero-order chi connectivity index (χ0) is 11.6. The first kappa shape index (κ1) is 15.1. The number of carbonyl (C=O) groups is 1. The minimum atomic E-state index is -1.83. The van der Waals surface area contributed by atoms with Crippen LogP contribution in [0.1, 0.15) is 10.4 Å². The maximum Gasteiger partial charge on any atom is 1.00 e. The molecular weight excluding hydrogens is 247 g/mol. The van der Waals surface area contributed by atoms with Crippen molar-refractivity contribution in [3.05, 3.63) is 44.0 Å². The summed E-state index contributed by atoms with van der Waals surface area (Å²) in [5.41, 5.74) is -2.75. The number of para-hydroxylation sites is 1. The first-order valence-corrected chi connectivity index (χ1v) is 3.58. The molecule has 0 amide bonds. The van der Waals surface area contributed by atoms with E-state index >= 15 is 0 Å². The van der Waals surface area contributed by atoms with Crippen LogP contribution in [0.2, 0.25) is 0 Å². The second-order valence-corrected chi connectivity index (χ2v) is 2.47. The van der Waals surface area contributed by atoms with E-state index in [1.54, 1.807) is 0 Å². The van der Waals surface area contributed by atoms with Crippen molar-refractivity contribution in [3.63, 3.8) is 0 Å². The van der Waals surface area contributed by atoms with Gasteiger partial charge in [0.1, 0.15) is 0 Å². The van der Waals surface area contributed by atoms with Crippen LogP contribution in [-0.4, -0.2) is 15.8 Å². The van der Waals surface area contributed by atoms with Gasteiger partial charge in [0.15, 0.2) is 0 Å². The van der Waals surface area contributed by atoms with E-state index in [4.69, 9.17) is 0 Å².